The molecule has 0 aromatic carbocycles. The van der Waals surface area contributed by atoms with Crippen molar-refractivity contribution in [3.63, 3.8) is 0 Å². The topological polar surface area (TPSA) is 32.3 Å². The van der Waals surface area contributed by atoms with Crippen LogP contribution in [-0.2, 0) is 0 Å². The fraction of sp³-hybridized carbons (Fsp3) is 0.556. The predicted molar refractivity (Wildman–Crippen MR) is 49.0 cm³/mol. The Kier molecular flexibility index (Phi) is 2.01. The third-order valence-electron chi connectivity index (χ3n) is 2.39. The minimum Gasteiger partial charge on any atom is -0.506 e. The first-order valence-corrected chi connectivity index (χ1v) is 4.73. The van der Waals surface area contributed by atoms with E-state index in [0.717, 1.165) is 31.4 Å². The standard InChI is InChI=1S/C9H12ClNO/c10-8-5-4-6-2-1-3-7(12)9(6)11-8/h3,8,11-12H,1-2,4-5H2. The molecule has 1 unspecified atom stereocenters. The highest BCUT2D eigenvalue weighted by molar-refractivity contribution is 6.20. The Morgan fingerprint density at radius 1 is 1.50 bits per heavy atom. The summed E-state index contributed by atoms with van der Waals surface area (Å²) in [7, 11) is 0. The molecule has 0 bridgehead atoms. The van der Waals surface area contributed by atoms with Crippen molar-refractivity contribution in [1.29, 1.82) is 0 Å². The van der Waals surface area contributed by atoms with Crippen LogP contribution < -0.4 is 5.32 Å². The fourth-order valence-electron chi connectivity index (χ4n) is 1.75. The molecule has 12 heavy (non-hydrogen) atoms. The molecule has 0 fully saturated rings. The largest absolute Gasteiger partial charge is 0.506 e. The molecule has 1 aliphatic carbocycles. The molecule has 0 radical (unpaired) electrons. The highest BCUT2D eigenvalue weighted by atomic mass is 35.5. The second kappa shape index (κ2) is 3.02. The summed E-state index contributed by atoms with van der Waals surface area (Å²) in [5.41, 5.74) is 2.19. The van der Waals surface area contributed by atoms with Gasteiger partial charge in [-0.05, 0) is 37.3 Å². The summed E-state index contributed by atoms with van der Waals surface area (Å²) in [5.74, 6) is 0.376. The van der Waals surface area contributed by atoms with E-state index in [-0.39, 0.29) is 5.50 Å². The first-order chi connectivity index (χ1) is 5.77. The molecule has 66 valence electrons. The van der Waals surface area contributed by atoms with Gasteiger partial charge in [-0.15, -0.1) is 0 Å². The van der Waals surface area contributed by atoms with Gasteiger partial charge in [-0.3, -0.25) is 0 Å². The first kappa shape index (κ1) is 7.99. The maximum Gasteiger partial charge on any atom is 0.134 e. The van der Waals surface area contributed by atoms with E-state index in [1.54, 1.807) is 0 Å². The lowest BCUT2D eigenvalue weighted by Gasteiger charge is -2.27. The summed E-state index contributed by atoms with van der Waals surface area (Å²) in [5, 5.41) is 12.6. The number of allylic oxidation sites excluding steroid dienone is 2. The van der Waals surface area contributed by atoms with Crippen LogP contribution in [-0.4, -0.2) is 10.6 Å². The smallest absolute Gasteiger partial charge is 0.134 e. The van der Waals surface area contributed by atoms with Gasteiger partial charge in [-0.1, -0.05) is 11.6 Å². The van der Waals surface area contributed by atoms with Crippen LogP contribution in [0.2, 0.25) is 0 Å². The van der Waals surface area contributed by atoms with E-state index in [9.17, 15) is 5.11 Å². The van der Waals surface area contributed by atoms with Gasteiger partial charge in [0.2, 0.25) is 0 Å². The van der Waals surface area contributed by atoms with Gasteiger partial charge >= 0.3 is 0 Å². The van der Waals surface area contributed by atoms with Crippen LogP contribution in [0.4, 0.5) is 0 Å². The van der Waals surface area contributed by atoms with Crippen LogP contribution in [0.5, 0.6) is 0 Å². The van der Waals surface area contributed by atoms with E-state index in [1.807, 2.05) is 6.08 Å². The summed E-state index contributed by atoms with van der Waals surface area (Å²) in [6.45, 7) is 0. The molecular formula is C9H12ClNO. The maximum absolute atomic E-state index is 9.50. The fourth-order valence-corrected chi connectivity index (χ4v) is 1.97. The second-order valence-electron chi connectivity index (χ2n) is 3.26. The second-order valence-corrected chi connectivity index (χ2v) is 3.78. The Balaban J connectivity index is 2.26. The van der Waals surface area contributed by atoms with E-state index in [0.29, 0.717) is 5.76 Å². The summed E-state index contributed by atoms with van der Waals surface area (Å²) in [6, 6.07) is 0. The van der Waals surface area contributed by atoms with Crippen molar-refractivity contribution in [1.82, 2.24) is 5.32 Å². The zero-order chi connectivity index (χ0) is 8.55. The quantitative estimate of drug-likeness (QED) is 0.449. The molecule has 3 heteroatoms. The number of halogens is 1. The Hall–Kier alpha value is -0.630. The lowest BCUT2D eigenvalue weighted by atomic mass is 9.94. The van der Waals surface area contributed by atoms with Crippen LogP contribution in [0.15, 0.2) is 23.1 Å². The molecule has 0 aromatic heterocycles. The Morgan fingerprint density at radius 2 is 2.33 bits per heavy atom. The van der Waals surface area contributed by atoms with Gasteiger partial charge in [0.15, 0.2) is 0 Å². The minimum absolute atomic E-state index is 0.0163. The number of hydrogen-bond acceptors (Lipinski definition) is 2. The van der Waals surface area contributed by atoms with Crippen molar-refractivity contribution in [2.45, 2.75) is 31.2 Å². The molecule has 2 nitrogen and oxygen atoms in total. The number of hydrogen-bond donors (Lipinski definition) is 2. The predicted octanol–water partition coefficient (Wildman–Crippen LogP) is 2.42. The van der Waals surface area contributed by atoms with Crippen LogP contribution in [0.1, 0.15) is 25.7 Å². The van der Waals surface area contributed by atoms with Gasteiger partial charge in [0.1, 0.15) is 11.3 Å². The molecule has 0 spiro atoms. The first-order valence-electron chi connectivity index (χ1n) is 4.29. The Labute approximate surface area is 76.9 Å². The lowest BCUT2D eigenvalue weighted by molar-refractivity contribution is 0.393. The number of alkyl halides is 1. The van der Waals surface area contributed by atoms with Crippen LogP contribution in [0.3, 0.4) is 0 Å². The minimum atomic E-state index is -0.0163. The monoisotopic (exact) mass is 185 g/mol. The molecule has 2 N–H and O–H groups in total. The number of aliphatic hydroxyl groups excluding tert-OH is 1. The summed E-state index contributed by atoms with van der Waals surface area (Å²) < 4.78 is 0. The van der Waals surface area contributed by atoms with Crippen molar-refractivity contribution in [3.8, 4) is 0 Å². The summed E-state index contributed by atoms with van der Waals surface area (Å²) in [4.78, 5) is 0. The van der Waals surface area contributed by atoms with Gasteiger partial charge in [0, 0.05) is 0 Å². The molecule has 2 rings (SSSR count). The van der Waals surface area contributed by atoms with Crippen LogP contribution in [0.25, 0.3) is 0 Å². The van der Waals surface area contributed by atoms with Gasteiger partial charge in [-0.25, -0.2) is 0 Å². The zero-order valence-corrected chi connectivity index (χ0v) is 7.56. The highest BCUT2D eigenvalue weighted by Gasteiger charge is 2.22. The summed E-state index contributed by atoms with van der Waals surface area (Å²) >= 11 is 5.92. The molecule has 0 saturated heterocycles. The third kappa shape index (κ3) is 1.31. The number of aliphatic hydroxyl groups is 1. The van der Waals surface area contributed by atoms with E-state index in [4.69, 9.17) is 11.6 Å². The van der Waals surface area contributed by atoms with E-state index in [2.05, 4.69) is 5.32 Å². The van der Waals surface area contributed by atoms with Gasteiger partial charge in [0.05, 0.1) is 5.70 Å². The van der Waals surface area contributed by atoms with Crippen molar-refractivity contribution in [2.75, 3.05) is 0 Å². The summed E-state index contributed by atoms with van der Waals surface area (Å²) in [6.07, 6.45) is 5.86. The SMILES string of the molecule is OC1=CCCC2=C1NC(Cl)CC2. The van der Waals surface area contributed by atoms with Crippen LogP contribution >= 0.6 is 11.6 Å². The molecular weight excluding hydrogens is 174 g/mol. The van der Waals surface area contributed by atoms with Gasteiger partial charge in [0.25, 0.3) is 0 Å². The molecule has 0 saturated carbocycles. The lowest BCUT2D eigenvalue weighted by Crippen LogP contribution is -2.30. The third-order valence-corrected chi connectivity index (χ3v) is 2.72. The molecule has 0 aromatic rings. The van der Waals surface area contributed by atoms with E-state index < -0.39 is 0 Å². The highest BCUT2D eigenvalue weighted by Crippen LogP contribution is 2.30. The average molecular weight is 186 g/mol. The van der Waals surface area contributed by atoms with Gasteiger partial charge in [-0.2, -0.15) is 0 Å². The van der Waals surface area contributed by atoms with Crippen molar-refractivity contribution < 1.29 is 5.11 Å². The average Bonchev–Trinajstić information content (AvgIpc) is 2.07. The molecule has 1 heterocycles. The van der Waals surface area contributed by atoms with Crippen molar-refractivity contribution in [2.24, 2.45) is 0 Å². The van der Waals surface area contributed by atoms with Crippen molar-refractivity contribution in [3.05, 3.63) is 23.1 Å². The molecule has 2 aliphatic rings. The van der Waals surface area contributed by atoms with Crippen LogP contribution in [0, 0.1) is 0 Å². The van der Waals surface area contributed by atoms with Crippen molar-refractivity contribution >= 4 is 11.6 Å². The zero-order valence-electron chi connectivity index (χ0n) is 6.81. The van der Waals surface area contributed by atoms with E-state index >= 15 is 0 Å². The normalized spacial score (nSPS) is 29.1. The molecule has 1 aliphatic heterocycles. The molecule has 0 amide bonds. The number of rotatable bonds is 0. The Bertz CT molecular complexity index is 257. The van der Waals surface area contributed by atoms with E-state index in [1.165, 1.54) is 5.57 Å². The number of nitrogens with one attached hydrogen (secondary N) is 1. The maximum atomic E-state index is 9.50. The van der Waals surface area contributed by atoms with Gasteiger partial charge < -0.3 is 10.4 Å². The Morgan fingerprint density at radius 3 is 3.17 bits per heavy atom. The molecule has 1 atom stereocenters.